The molecular formula is C22H21ClN2O2. The van der Waals surface area contributed by atoms with Crippen LogP contribution in [-0.2, 0) is 4.74 Å². The summed E-state index contributed by atoms with van der Waals surface area (Å²) in [6, 6.07) is 15.3. The molecule has 4 nitrogen and oxygen atoms in total. The number of para-hydroxylation sites is 1. The minimum absolute atomic E-state index is 0.0863. The maximum absolute atomic E-state index is 13.1. The molecule has 1 amide bonds. The highest BCUT2D eigenvalue weighted by Crippen LogP contribution is 2.30. The Balaban J connectivity index is 1.76. The summed E-state index contributed by atoms with van der Waals surface area (Å²) in [5.41, 5.74) is 4.07. The van der Waals surface area contributed by atoms with Gasteiger partial charge >= 0.3 is 0 Å². The van der Waals surface area contributed by atoms with Gasteiger partial charge in [0.05, 0.1) is 22.9 Å². The van der Waals surface area contributed by atoms with Crippen molar-refractivity contribution in [1.82, 2.24) is 10.3 Å². The highest BCUT2D eigenvalue weighted by Gasteiger charge is 2.21. The number of ether oxygens (including phenoxy) is 1. The average molecular weight is 381 g/mol. The fourth-order valence-electron chi connectivity index (χ4n) is 3.59. The number of pyridine rings is 1. The van der Waals surface area contributed by atoms with Crippen molar-refractivity contribution in [3.05, 3.63) is 64.7 Å². The Morgan fingerprint density at radius 2 is 2.00 bits per heavy atom. The second-order valence-electron chi connectivity index (χ2n) is 6.83. The first-order valence-corrected chi connectivity index (χ1v) is 9.56. The first-order valence-electron chi connectivity index (χ1n) is 9.18. The fraction of sp³-hybridized carbons (Fsp3) is 0.273. The number of carbonyl (C=O) groups is 1. The van der Waals surface area contributed by atoms with E-state index in [0.29, 0.717) is 17.1 Å². The van der Waals surface area contributed by atoms with Crippen LogP contribution in [0.3, 0.4) is 0 Å². The topological polar surface area (TPSA) is 51.2 Å². The molecule has 4 rings (SSSR count). The number of rotatable bonds is 4. The minimum Gasteiger partial charge on any atom is -0.376 e. The number of nitrogens with zero attached hydrogens (tertiary/aromatic N) is 1. The van der Waals surface area contributed by atoms with Gasteiger partial charge in [0.15, 0.2) is 0 Å². The molecule has 0 radical (unpaired) electrons. The van der Waals surface area contributed by atoms with E-state index in [9.17, 15) is 4.79 Å². The van der Waals surface area contributed by atoms with Crippen molar-refractivity contribution in [3.63, 3.8) is 0 Å². The highest BCUT2D eigenvalue weighted by molar-refractivity contribution is 6.30. The third-order valence-corrected chi connectivity index (χ3v) is 5.25. The number of benzene rings is 2. The number of fused-ring (bicyclic) bond motifs is 1. The van der Waals surface area contributed by atoms with Gasteiger partial charge in [-0.2, -0.15) is 0 Å². The fourth-order valence-corrected chi connectivity index (χ4v) is 3.71. The number of amides is 1. The van der Waals surface area contributed by atoms with E-state index >= 15 is 0 Å². The Kier molecular flexibility index (Phi) is 5.10. The van der Waals surface area contributed by atoms with E-state index in [1.54, 1.807) is 0 Å². The van der Waals surface area contributed by atoms with E-state index in [2.05, 4.69) is 5.32 Å². The summed E-state index contributed by atoms with van der Waals surface area (Å²) in [6.45, 7) is 3.26. The molecule has 2 heterocycles. The van der Waals surface area contributed by atoms with Gasteiger partial charge in [-0.15, -0.1) is 0 Å². The first-order chi connectivity index (χ1) is 13.1. The van der Waals surface area contributed by atoms with Gasteiger partial charge in [0, 0.05) is 29.1 Å². The van der Waals surface area contributed by atoms with Crippen LogP contribution in [-0.4, -0.2) is 30.1 Å². The molecule has 0 unspecified atom stereocenters. The summed E-state index contributed by atoms with van der Waals surface area (Å²) in [4.78, 5) is 17.9. The standard InChI is InChI=1S/C22H21ClN2O2/c1-14-20(22(26)24-13-17-5-4-12-27-17)18-6-2-3-7-19(18)25-21(14)15-8-10-16(23)11-9-15/h2-3,6-11,17H,4-5,12-13H2,1H3,(H,24,26)/t17-/m0/s1. The SMILES string of the molecule is Cc1c(-c2ccc(Cl)cc2)nc2ccccc2c1C(=O)NC[C@@H]1CCCO1. The van der Waals surface area contributed by atoms with Gasteiger partial charge in [0.25, 0.3) is 5.91 Å². The lowest BCUT2D eigenvalue weighted by Crippen LogP contribution is -2.32. The molecule has 0 spiro atoms. The smallest absolute Gasteiger partial charge is 0.252 e. The molecule has 0 saturated carbocycles. The molecule has 3 aromatic rings. The van der Waals surface area contributed by atoms with Gasteiger partial charge in [-0.1, -0.05) is 41.9 Å². The van der Waals surface area contributed by atoms with Crippen molar-refractivity contribution < 1.29 is 9.53 Å². The molecular weight excluding hydrogens is 360 g/mol. The van der Waals surface area contributed by atoms with Crippen LogP contribution in [0.15, 0.2) is 48.5 Å². The zero-order valence-corrected chi connectivity index (χ0v) is 15.9. The lowest BCUT2D eigenvalue weighted by atomic mass is 9.97. The van der Waals surface area contributed by atoms with Crippen LogP contribution in [0, 0.1) is 6.92 Å². The maximum atomic E-state index is 13.1. The predicted octanol–water partition coefficient (Wildman–Crippen LogP) is 4.77. The van der Waals surface area contributed by atoms with Crippen molar-refractivity contribution in [3.8, 4) is 11.3 Å². The third kappa shape index (κ3) is 3.68. The van der Waals surface area contributed by atoms with Crippen LogP contribution in [0.25, 0.3) is 22.2 Å². The number of halogens is 1. The maximum Gasteiger partial charge on any atom is 0.252 e. The van der Waals surface area contributed by atoms with Crippen LogP contribution in [0.1, 0.15) is 28.8 Å². The monoisotopic (exact) mass is 380 g/mol. The van der Waals surface area contributed by atoms with E-state index in [-0.39, 0.29) is 12.0 Å². The van der Waals surface area contributed by atoms with Crippen molar-refractivity contribution in [1.29, 1.82) is 0 Å². The Morgan fingerprint density at radius 1 is 1.22 bits per heavy atom. The zero-order valence-electron chi connectivity index (χ0n) is 15.2. The molecule has 5 heteroatoms. The van der Waals surface area contributed by atoms with Gasteiger partial charge in [0.1, 0.15) is 0 Å². The number of carbonyl (C=O) groups excluding carboxylic acids is 1. The largest absolute Gasteiger partial charge is 0.376 e. The van der Waals surface area contributed by atoms with Gasteiger partial charge in [-0.25, -0.2) is 4.98 Å². The number of hydrogen-bond acceptors (Lipinski definition) is 3. The summed E-state index contributed by atoms with van der Waals surface area (Å²) in [5.74, 6) is -0.0863. The molecule has 1 saturated heterocycles. The summed E-state index contributed by atoms with van der Waals surface area (Å²) >= 11 is 6.02. The predicted molar refractivity (Wildman–Crippen MR) is 108 cm³/mol. The number of hydrogen-bond donors (Lipinski definition) is 1. The zero-order chi connectivity index (χ0) is 18.8. The molecule has 1 atom stereocenters. The van der Waals surface area contributed by atoms with Crippen LogP contribution >= 0.6 is 11.6 Å². The lowest BCUT2D eigenvalue weighted by molar-refractivity contribution is 0.0858. The minimum atomic E-state index is -0.0863. The Morgan fingerprint density at radius 3 is 2.74 bits per heavy atom. The molecule has 138 valence electrons. The lowest BCUT2D eigenvalue weighted by Gasteiger charge is -2.16. The third-order valence-electron chi connectivity index (χ3n) is 4.99. The Labute approximate surface area is 163 Å². The van der Waals surface area contributed by atoms with Crippen LogP contribution in [0.5, 0.6) is 0 Å². The first kappa shape index (κ1) is 18.0. The molecule has 2 aromatic carbocycles. The van der Waals surface area contributed by atoms with Gasteiger partial charge in [-0.05, 0) is 43.5 Å². The number of aromatic nitrogens is 1. The molecule has 1 aliphatic rings. The summed E-state index contributed by atoms with van der Waals surface area (Å²) in [7, 11) is 0. The van der Waals surface area contributed by atoms with Crippen molar-refractivity contribution >= 4 is 28.4 Å². The van der Waals surface area contributed by atoms with E-state index in [1.807, 2.05) is 55.5 Å². The Hall–Kier alpha value is -2.43. The van der Waals surface area contributed by atoms with E-state index in [1.165, 1.54) is 0 Å². The second kappa shape index (κ2) is 7.67. The molecule has 1 aromatic heterocycles. The molecule has 1 aliphatic heterocycles. The molecule has 1 N–H and O–H groups in total. The average Bonchev–Trinajstić information content (AvgIpc) is 3.20. The normalized spacial score (nSPS) is 16.6. The van der Waals surface area contributed by atoms with Gasteiger partial charge < -0.3 is 10.1 Å². The summed E-state index contributed by atoms with van der Waals surface area (Å²) in [6.07, 6.45) is 2.16. The van der Waals surface area contributed by atoms with Gasteiger partial charge in [-0.3, -0.25) is 4.79 Å². The summed E-state index contributed by atoms with van der Waals surface area (Å²) in [5, 5.41) is 4.58. The van der Waals surface area contributed by atoms with Crippen molar-refractivity contribution in [2.24, 2.45) is 0 Å². The van der Waals surface area contributed by atoms with Crippen LogP contribution in [0.4, 0.5) is 0 Å². The van der Waals surface area contributed by atoms with Gasteiger partial charge in [0.2, 0.25) is 0 Å². The molecule has 27 heavy (non-hydrogen) atoms. The van der Waals surface area contributed by atoms with E-state index in [4.69, 9.17) is 21.3 Å². The van der Waals surface area contributed by atoms with Crippen molar-refractivity contribution in [2.45, 2.75) is 25.9 Å². The molecule has 1 fully saturated rings. The van der Waals surface area contributed by atoms with Crippen LogP contribution in [0.2, 0.25) is 5.02 Å². The summed E-state index contributed by atoms with van der Waals surface area (Å²) < 4.78 is 5.62. The quantitative estimate of drug-likeness (QED) is 0.709. The molecule has 0 aliphatic carbocycles. The Bertz CT molecular complexity index is 980. The van der Waals surface area contributed by atoms with E-state index in [0.717, 1.165) is 47.2 Å². The number of nitrogens with one attached hydrogen (secondary N) is 1. The highest BCUT2D eigenvalue weighted by atomic mass is 35.5. The molecule has 0 bridgehead atoms. The van der Waals surface area contributed by atoms with Crippen LogP contribution < -0.4 is 5.32 Å². The second-order valence-corrected chi connectivity index (χ2v) is 7.27. The van der Waals surface area contributed by atoms with E-state index < -0.39 is 0 Å². The van der Waals surface area contributed by atoms with Crippen molar-refractivity contribution in [2.75, 3.05) is 13.2 Å².